The molecule has 1 nitrogen and oxygen atoms in total. The third kappa shape index (κ3) is 16.0. The van der Waals surface area contributed by atoms with E-state index in [2.05, 4.69) is 5.92 Å². The molecule has 0 fully saturated rings. The van der Waals surface area contributed by atoms with Crippen molar-refractivity contribution in [3.05, 3.63) is 6.42 Å². The molecule has 42 valence electrons. The molecule has 0 radical (unpaired) electrons. The first-order valence-electron chi connectivity index (χ1n) is 1.81. The van der Waals surface area contributed by atoms with Gasteiger partial charge in [0.15, 0.2) is 0 Å². The molecule has 0 aromatic rings. The Kier molecular flexibility index (Phi) is 20.9. The van der Waals surface area contributed by atoms with Crippen molar-refractivity contribution < 1.29 is 12.4 Å². The summed E-state index contributed by atoms with van der Waals surface area (Å²) in [6.45, 7) is 0.625. The Morgan fingerprint density at radius 3 is 1.88 bits per heavy atom. The number of hydrogen-bond donors (Lipinski definition) is 0. The summed E-state index contributed by atoms with van der Waals surface area (Å²) in [6, 6.07) is 0. The van der Waals surface area contributed by atoms with E-state index >= 15 is 0 Å². The summed E-state index contributed by atoms with van der Waals surface area (Å²) in [4.78, 5) is 1.88. The van der Waals surface area contributed by atoms with Crippen LogP contribution < -0.4 is 12.4 Å². The van der Waals surface area contributed by atoms with E-state index in [1.54, 1.807) is 0 Å². The van der Waals surface area contributed by atoms with Gasteiger partial charge in [-0.15, -0.1) is 0 Å². The van der Waals surface area contributed by atoms with Crippen LogP contribution in [0.3, 0.4) is 0 Å². The second kappa shape index (κ2) is 10.5. The third-order valence-corrected chi connectivity index (χ3v) is 0.395. The summed E-state index contributed by atoms with van der Waals surface area (Å²) in [5.74, 6) is 2.24. The minimum Gasteiger partial charge on any atom is -1.00 e. The molecule has 0 aliphatic carbocycles. The summed E-state index contributed by atoms with van der Waals surface area (Å²) in [5.41, 5.74) is 0. The molecule has 0 N–H and O–H groups in total. The van der Waals surface area contributed by atoms with Crippen LogP contribution in [0, 0.1) is 12.3 Å². The molecule has 0 amide bonds. The first kappa shape index (κ1) is 15.8. The van der Waals surface area contributed by atoms with Gasteiger partial charge in [0.1, 0.15) is 0 Å². The van der Waals surface area contributed by atoms with Crippen LogP contribution in [0.5, 0.6) is 0 Å². The number of halogens is 1. The zero-order valence-corrected chi connectivity index (χ0v) is 7.41. The summed E-state index contributed by atoms with van der Waals surface area (Å²) in [5, 5.41) is 0. The van der Waals surface area contributed by atoms with Gasteiger partial charge in [0.05, 0.1) is 0 Å². The molecule has 0 bridgehead atoms. The van der Waals surface area contributed by atoms with Crippen molar-refractivity contribution in [2.45, 2.75) is 0 Å². The van der Waals surface area contributed by atoms with Crippen LogP contribution in [0.25, 0.3) is 0 Å². The molecule has 3 heteroatoms. The van der Waals surface area contributed by atoms with Gasteiger partial charge in [-0.05, 0) is 14.1 Å². The van der Waals surface area contributed by atoms with Crippen molar-refractivity contribution in [2.75, 3.05) is 20.6 Å². The van der Waals surface area contributed by atoms with Crippen LogP contribution in [0.15, 0.2) is 0 Å². The topological polar surface area (TPSA) is 3.24 Å². The van der Waals surface area contributed by atoms with Crippen molar-refractivity contribution in [3.8, 4) is 5.92 Å². The summed E-state index contributed by atoms with van der Waals surface area (Å²) in [7, 11) is 3.81. The molecule has 0 rings (SSSR count). The average Bonchev–Trinajstić information content (AvgIpc) is 1.35. The van der Waals surface area contributed by atoms with E-state index in [4.69, 9.17) is 6.42 Å². The van der Waals surface area contributed by atoms with E-state index in [0.717, 1.165) is 0 Å². The van der Waals surface area contributed by atoms with Gasteiger partial charge in [-0.25, -0.2) is 0 Å². The number of nitrogens with zero attached hydrogens (tertiary/aromatic N) is 1. The van der Waals surface area contributed by atoms with E-state index in [9.17, 15) is 0 Å². The molecule has 0 unspecified atom stereocenters. The largest absolute Gasteiger partial charge is 2.00 e. The molecule has 0 atom stereocenters. The Labute approximate surface area is 73.4 Å². The van der Waals surface area contributed by atoms with Gasteiger partial charge in [-0.1, -0.05) is 0 Å². The number of rotatable bonds is 1. The van der Waals surface area contributed by atoms with Gasteiger partial charge in [0.2, 0.25) is 0 Å². The fourth-order valence-corrected chi connectivity index (χ4v) is 0.158. The predicted octanol–water partition coefficient (Wildman–Crippen LogP) is -3.24. The second-order valence-corrected chi connectivity index (χ2v) is 1.41. The molecule has 8 heavy (non-hydrogen) atoms. The Morgan fingerprint density at radius 2 is 1.88 bits per heavy atom. The van der Waals surface area contributed by atoms with Gasteiger partial charge in [-0.2, -0.15) is 0 Å². The Hall–Kier alpha value is 0.576. The summed E-state index contributed by atoms with van der Waals surface area (Å²) < 4.78 is 0. The minimum absolute atomic E-state index is 0. The van der Waals surface area contributed by atoms with Crippen molar-refractivity contribution in [1.29, 1.82) is 0 Å². The summed E-state index contributed by atoms with van der Waals surface area (Å²) in [6.07, 6.45) is 6.44. The Balaban J connectivity index is -0.000000125. The van der Waals surface area contributed by atoms with Crippen molar-refractivity contribution in [1.82, 2.24) is 4.90 Å². The molecule has 0 spiro atoms. The maximum absolute atomic E-state index is 6.44. The van der Waals surface area contributed by atoms with Crippen LogP contribution >= 0.6 is 0 Å². The van der Waals surface area contributed by atoms with E-state index in [1.165, 1.54) is 0 Å². The smallest absolute Gasteiger partial charge is 1.00 e. The molecule has 0 heterocycles. The zero-order chi connectivity index (χ0) is 4.99. The Morgan fingerprint density at radius 1 is 1.50 bits per heavy atom. The fourth-order valence-electron chi connectivity index (χ4n) is 0.158. The SMILES string of the molecule is [C-]#CCN(C)C.[Cl-].[Mg+2]. The second-order valence-electron chi connectivity index (χ2n) is 1.41. The zero-order valence-electron chi connectivity index (χ0n) is 5.24. The maximum Gasteiger partial charge on any atom is 2.00 e. The van der Waals surface area contributed by atoms with E-state index in [-0.39, 0.29) is 35.5 Å². The van der Waals surface area contributed by atoms with Gasteiger partial charge >= 0.3 is 23.1 Å². The molecular formula is C5H8ClMgN. The molecule has 0 saturated carbocycles. The van der Waals surface area contributed by atoms with E-state index in [0.29, 0.717) is 6.54 Å². The van der Waals surface area contributed by atoms with Gasteiger partial charge < -0.3 is 29.7 Å². The first-order chi connectivity index (χ1) is 2.77. The number of hydrogen-bond acceptors (Lipinski definition) is 1. The van der Waals surface area contributed by atoms with Crippen LogP contribution in [0.2, 0.25) is 0 Å². The molecule has 0 aliphatic heterocycles. The molecule has 0 saturated heterocycles. The standard InChI is InChI=1S/C5H8N.ClH.Mg/c1-4-5-6(2)3;;/h5H2,2-3H3;1H;/q-1;;+2/p-1. The quantitative estimate of drug-likeness (QED) is 0.211. The molecule has 0 aliphatic rings. The van der Waals surface area contributed by atoms with Crippen LogP contribution in [-0.2, 0) is 0 Å². The normalized spacial score (nSPS) is 6.25. The molecular weight excluding hydrogens is 134 g/mol. The van der Waals surface area contributed by atoms with Gasteiger partial charge in [0.25, 0.3) is 0 Å². The van der Waals surface area contributed by atoms with Crippen molar-refractivity contribution >= 4 is 23.1 Å². The van der Waals surface area contributed by atoms with Gasteiger partial charge in [-0.3, -0.25) is 0 Å². The molecule has 0 aromatic heterocycles. The van der Waals surface area contributed by atoms with Crippen molar-refractivity contribution in [2.24, 2.45) is 0 Å². The monoisotopic (exact) mass is 141 g/mol. The molecule has 0 aromatic carbocycles. The third-order valence-electron chi connectivity index (χ3n) is 0.395. The van der Waals surface area contributed by atoms with Crippen molar-refractivity contribution in [3.63, 3.8) is 0 Å². The minimum atomic E-state index is 0. The van der Waals surface area contributed by atoms with Gasteiger partial charge in [0, 0.05) is 6.54 Å². The van der Waals surface area contributed by atoms with Crippen LogP contribution in [0.4, 0.5) is 0 Å². The van der Waals surface area contributed by atoms with E-state index < -0.39 is 0 Å². The first-order valence-corrected chi connectivity index (χ1v) is 1.81. The summed E-state index contributed by atoms with van der Waals surface area (Å²) >= 11 is 0. The van der Waals surface area contributed by atoms with Crippen LogP contribution in [-0.4, -0.2) is 48.6 Å². The fraction of sp³-hybridized carbons (Fsp3) is 0.600. The predicted molar refractivity (Wildman–Crippen MR) is 31.4 cm³/mol. The maximum atomic E-state index is 6.44. The van der Waals surface area contributed by atoms with Crippen LogP contribution in [0.1, 0.15) is 0 Å². The Bertz CT molecular complexity index is 67.3. The average molecular weight is 142 g/mol. The van der Waals surface area contributed by atoms with E-state index in [1.807, 2.05) is 19.0 Å².